The number of amides is 1. The number of benzene rings is 1. The minimum absolute atomic E-state index is 0.0591. The van der Waals surface area contributed by atoms with Gasteiger partial charge in [-0.2, -0.15) is 0 Å². The van der Waals surface area contributed by atoms with Crippen molar-refractivity contribution in [1.29, 1.82) is 0 Å². The van der Waals surface area contributed by atoms with Gasteiger partial charge in [-0.1, -0.05) is 0 Å². The Hall–Kier alpha value is -2.32. The molecule has 1 aromatic carbocycles. The Bertz CT molecular complexity index is 872. The predicted molar refractivity (Wildman–Crippen MR) is 100 cm³/mol. The van der Waals surface area contributed by atoms with Gasteiger partial charge in [0.1, 0.15) is 11.5 Å². The lowest BCUT2D eigenvalue weighted by molar-refractivity contribution is 0.0789. The number of carbonyl (C=O) groups excluding carboxylic acids is 1. The fraction of sp³-hybridized carbons (Fsp3) is 0.421. The molecule has 0 unspecified atom stereocenters. The summed E-state index contributed by atoms with van der Waals surface area (Å²) in [6.07, 6.45) is 4.78. The fourth-order valence-corrected chi connectivity index (χ4v) is 4.22. The van der Waals surface area contributed by atoms with Crippen LogP contribution in [0.2, 0.25) is 0 Å². The van der Waals surface area contributed by atoms with Gasteiger partial charge in [-0.25, -0.2) is 13.1 Å². The van der Waals surface area contributed by atoms with Gasteiger partial charge in [-0.3, -0.25) is 4.79 Å². The minimum atomic E-state index is -3.71. The number of hydrogen-bond acceptors (Lipinski definition) is 5. The van der Waals surface area contributed by atoms with E-state index in [9.17, 15) is 13.2 Å². The number of likely N-dealkylation sites (tertiary alicyclic amines) is 1. The summed E-state index contributed by atoms with van der Waals surface area (Å²) in [5.74, 6) is 1.00. The van der Waals surface area contributed by atoms with Crippen molar-refractivity contribution in [3.05, 3.63) is 47.9 Å². The second-order valence-corrected chi connectivity index (χ2v) is 8.21. The highest BCUT2D eigenvalue weighted by Crippen LogP contribution is 2.25. The Morgan fingerprint density at radius 1 is 1.26 bits per heavy atom. The molecule has 27 heavy (non-hydrogen) atoms. The minimum Gasteiger partial charge on any atom is -0.496 e. The van der Waals surface area contributed by atoms with Crippen molar-refractivity contribution in [2.75, 3.05) is 26.7 Å². The lowest BCUT2D eigenvalue weighted by Crippen LogP contribution is -2.29. The van der Waals surface area contributed by atoms with E-state index in [0.717, 1.165) is 18.6 Å². The molecule has 0 saturated carbocycles. The van der Waals surface area contributed by atoms with Gasteiger partial charge >= 0.3 is 0 Å². The summed E-state index contributed by atoms with van der Waals surface area (Å²) in [5, 5.41) is 0. The highest BCUT2D eigenvalue weighted by molar-refractivity contribution is 7.89. The molecule has 0 bridgehead atoms. The molecule has 2 heterocycles. The number of furan rings is 1. The Balaban J connectivity index is 1.70. The molecule has 1 aliphatic heterocycles. The molecule has 3 rings (SSSR count). The SMILES string of the molecule is COc1ccc(S(=O)(=O)NCCCc2ccco2)cc1C(=O)N1CCCC1. The molecule has 8 heteroatoms. The van der Waals surface area contributed by atoms with E-state index in [0.29, 0.717) is 31.7 Å². The van der Waals surface area contributed by atoms with Gasteiger partial charge in [0.25, 0.3) is 5.91 Å². The lowest BCUT2D eigenvalue weighted by atomic mass is 10.1. The number of ether oxygens (including phenoxy) is 1. The Kier molecular flexibility index (Phi) is 6.18. The van der Waals surface area contributed by atoms with Crippen LogP contribution in [0.1, 0.15) is 35.4 Å². The molecule has 2 aromatic rings. The largest absolute Gasteiger partial charge is 0.496 e. The first-order chi connectivity index (χ1) is 13.0. The van der Waals surface area contributed by atoms with Crippen LogP contribution in [-0.2, 0) is 16.4 Å². The zero-order valence-electron chi connectivity index (χ0n) is 15.3. The van der Waals surface area contributed by atoms with E-state index in [2.05, 4.69) is 4.72 Å². The second-order valence-electron chi connectivity index (χ2n) is 6.44. The number of nitrogens with one attached hydrogen (secondary N) is 1. The number of rotatable bonds is 8. The van der Waals surface area contributed by atoms with Crippen LogP contribution in [0, 0.1) is 0 Å². The van der Waals surface area contributed by atoms with E-state index in [1.165, 1.54) is 25.3 Å². The third-order valence-electron chi connectivity index (χ3n) is 4.58. The van der Waals surface area contributed by atoms with Crippen molar-refractivity contribution >= 4 is 15.9 Å². The van der Waals surface area contributed by atoms with Gasteiger partial charge in [0, 0.05) is 26.1 Å². The number of hydrogen-bond donors (Lipinski definition) is 1. The summed E-state index contributed by atoms with van der Waals surface area (Å²) in [6, 6.07) is 8.04. The molecule has 7 nitrogen and oxygen atoms in total. The normalized spacial score (nSPS) is 14.5. The number of sulfonamides is 1. The van der Waals surface area contributed by atoms with Crippen molar-refractivity contribution in [2.24, 2.45) is 0 Å². The number of nitrogens with zero attached hydrogens (tertiary/aromatic N) is 1. The zero-order chi connectivity index (χ0) is 19.3. The van der Waals surface area contributed by atoms with Gasteiger partial charge in [0.05, 0.1) is 23.8 Å². The molecule has 1 aliphatic rings. The Labute approximate surface area is 159 Å². The molecule has 0 atom stereocenters. The van der Waals surface area contributed by atoms with Gasteiger partial charge in [0.2, 0.25) is 10.0 Å². The molecule has 0 aliphatic carbocycles. The van der Waals surface area contributed by atoms with Crippen LogP contribution in [0.3, 0.4) is 0 Å². The topological polar surface area (TPSA) is 88.9 Å². The molecule has 146 valence electrons. The van der Waals surface area contributed by atoms with Crippen LogP contribution in [0.4, 0.5) is 0 Å². The van der Waals surface area contributed by atoms with Gasteiger partial charge < -0.3 is 14.1 Å². The summed E-state index contributed by atoms with van der Waals surface area (Å²) < 4.78 is 38.2. The van der Waals surface area contributed by atoms with Gasteiger partial charge in [-0.05, 0) is 49.6 Å². The van der Waals surface area contributed by atoms with E-state index < -0.39 is 10.0 Å². The first-order valence-electron chi connectivity index (χ1n) is 9.00. The van der Waals surface area contributed by atoms with Crippen molar-refractivity contribution in [1.82, 2.24) is 9.62 Å². The summed E-state index contributed by atoms with van der Waals surface area (Å²) in [6.45, 7) is 1.65. The van der Waals surface area contributed by atoms with Crippen LogP contribution in [0.25, 0.3) is 0 Å². The smallest absolute Gasteiger partial charge is 0.257 e. The highest BCUT2D eigenvalue weighted by atomic mass is 32.2. The first kappa shape index (κ1) is 19.4. The summed E-state index contributed by atoms with van der Waals surface area (Å²) in [7, 11) is -2.24. The molecule has 1 aromatic heterocycles. The van der Waals surface area contributed by atoms with Crippen molar-refractivity contribution < 1.29 is 22.4 Å². The highest BCUT2D eigenvalue weighted by Gasteiger charge is 2.25. The molecule has 1 fully saturated rings. The molecule has 1 N–H and O–H groups in total. The van der Waals surface area contributed by atoms with Crippen LogP contribution in [-0.4, -0.2) is 46.0 Å². The van der Waals surface area contributed by atoms with Crippen molar-refractivity contribution in [3.63, 3.8) is 0 Å². The fourth-order valence-electron chi connectivity index (χ4n) is 3.12. The van der Waals surface area contributed by atoms with Gasteiger partial charge in [-0.15, -0.1) is 0 Å². The van der Waals surface area contributed by atoms with E-state index in [1.807, 2.05) is 6.07 Å². The van der Waals surface area contributed by atoms with Crippen LogP contribution in [0.15, 0.2) is 45.9 Å². The summed E-state index contributed by atoms with van der Waals surface area (Å²) >= 11 is 0. The molecule has 1 amide bonds. The average molecular weight is 392 g/mol. The van der Waals surface area contributed by atoms with Crippen LogP contribution >= 0.6 is 0 Å². The van der Waals surface area contributed by atoms with Crippen LogP contribution < -0.4 is 9.46 Å². The van der Waals surface area contributed by atoms with E-state index in [4.69, 9.17) is 9.15 Å². The lowest BCUT2D eigenvalue weighted by Gasteiger charge is -2.18. The summed E-state index contributed by atoms with van der Waals surface area (Å²) in [5.41, 5.74) is 0.276. The monoisotopic (exact) mass is 392 g/mol. The summed E-state index contributed by atoms with van der Waals surface area (Å²) in [4.78, 5) is 14.5. The van der Waals surface area contributed by atoms with E-state index in [-0.39, 0.29) is 22.9 Å². The maximum absolute atomic E-state index is 12.7. The Morgan fingerprint density at radius 3 is 2.70 bits per heavy atom. The average Bonchev–Trinajstić information content (AvgIpc) is 3.38. The first-order valence-corrected chi connectivity index (χ1v) is 10.5. The quantitative estimate of drug-likeness (QED) is 0.697. The molecular formula is C19H24N2O5S. The number of methoxy groups -OCH3 is 1. The number of carbonyl (C=O) groups is 1. The van der Waals surface area contributed by atoms with Crippen molar-refractivity contribution in [3.8, 4) is 5.75 Å². The molecule has 0 spiro atoms. The third-order valence-corrected chi connectivity index (χ3v) is 6.04. The van der Waals surface area contributed by atoms with Crippen LogP contribution in [0.5, 0.6) is 5.75 Å². The van der Waals surface area contributed by atoms with Crippen molar-refractivity contribution in [2.45, 2.75) is 30.6 Å². The third kappa shape index (κ3) is 4.70. The molecule has 1 saturated heterocycles. The maximum atomic E-state index is 12.7. The Morgan fingerprint density at radius 2 is 2.04 bits per heavy atom. The van der Waals surface area contributed by atoms with E-state index >= 15 is 0 Å². The van der Waals surface area contributed by atoms with Gasteiger partial charge in [0.15, 0.2) is 0 Å². The number of aryl methyl sites for hydroxylation is 1. The predicted octanol–water partition coefficient (Wildman–Crippen LogP) is 2.44. The maximum Gasteiger partial charge on any atom is 0.257 e. The molecular weight excluding hydrogens is 368 g/mol. The standard InChI is InChI=1S/C19H24N2O5S/c1-25-18-9-8-16(14-17(18)19(22)21-11-2-3-12-21)27(23,24)20-10-4-6-15-7-5-13-26-15/h5,7-9,13-14,20H,2-4,6,10-12H2,1H3. The molecule has 0 radical (unpaired) electrons. The van der Waals surface area contributed by atoms with E-state index in [1.54, 1.807) is 17.2 Å². The second kappa shape index (κ2) is 8.58. The zero-order valence-corrected chi connectivity index (χ0v) is 16.1.